The molecule has 0 bridgehead atoms. The first-order valence-electron chi connectivity index (χ1n) is 12.7. The van der Waals surface area contributed by atoms with E-state index >= 15 is 0 Å². The summed E-state index contributed by atoms with van der Waals surface area (Å²) in [6, 6.07) is 19.0. The summed E-state index contributed by atoms with van der Waals surface area (Å²) in [5.41, 5.74) is 11.0. The highest BCUT2D eigenvalue weighted by molar-refractivity contribution is 6.04. The fourth-order valence-corrected chi connectivity index (χ4v) is 4.16. The number of para-hydroxylation sites is 2. The molecule has 1 aromatic heterocycles. The Balaban J connectivity index is 2.10. The Morgan fingerprint density at radius 1 is 0.588 bits per heavy atom. The summed E-state index contributed by atoms with van der Waals surface area (Å²) in [6.07, 6.45) is 6.27. The number of rotatable bonds is 10. The number of aryl methyl sites for hydroxylation is 4. The van der Waals surface area contributed by atoms with E-state index in [2.05, 4.69) is 96.1 Å². The van der Waals surface area contributed by atoms with Gasteiger partial charge >= 0.3 is 0 Å². The molecule has 2 aromatic carbocycles. The van der Waals surface area contributed by atoms with Crippen molar-refractivity contribution >= 4 is 22.8 Å². The average Bonchev–Trinajstić information content (AvgIpc) is 2.83. The van der Waals surface area contributed by atoms with Crippen LogP contribution in [0, 0.1) is 27.7 Å². The highest BCUT2D eigenvalue weighted by Crippen LogP contribution is 2.27. The number of aliphatic imine (C=N–C) groups is 2. The lowest BCUT2D eigenvalue weighted by Crippen LogP contribution is -2.10. The van der Waals surface area contributed by atoms with Crippen molar-refractivity contribution < 1.29 is 0 Å². The lowest BCUT2D eigenvalue weighted by Gasteiger charge is -2.13. The van der Waals surface area contributed by atoms with Gasteiger partial charge in [-0.25, -0.2) is 4.98 Å². The number of unbranched alkanes of at least 4 members (excludes halogenated alkanes) is 2. The van der Waals surface area contributed by atoms with Crippen molar-refractivity contribution in [3.8, 4) is 0 Å². The van der Waals surface area contributed by atoms with E-state index in [0.29, 0.717) is 0 Å². The van der Waals surface area contributed by atoms with Gasteiger partial charge in [0.05, 0.1) is 34.2 Å². The average molecular weight is 454 g/mol. The molecule has 0 fully saturated rings. The predicted molar refractivity (Wildman–Crippen MR) is 148 cm³/mol. The van der Waals surface area contributed by atoms with E-state index in [0.717, 1.165) is 72.7 Å². The van der Waals surface area contributed by atoms with Crippen LogP contribution in [0.4, 0.5) is 11.4 Å². The largest absolute Gasteiger partial charge is 0.251 e. The minimum atomic E-state index is 0.916. The second-order valence-electron chi connectivity index (χ2n) is 9.21. The summed E-state index contributed by atoms with van der Waals surface area (Å²) in [6.45, 7) is 13.0. The van der Waals surface area contributed by atoms with Crippen LogP contribution in [0.25, 0.3) is 0 Å². The highest BCUT2D eigenvalue weighted by Gasteiger charge is 2.13. The number of aromatic nitrogens is 1. The molecular weight excluding hydrogens is 414 g/mol. The third-order valence-corrected chi connectivity index (χ3v) is 6.25. The van der Waals surface area contributed by atoms with Crippen molar-refractivity contribution in [1.82, 2.24) is 4.98 Å². The third-order valence-electron chi connectivity index (χ3n) is 6.25. The second-order valence-corrected chi connectivity index (χ2v) is 9.21. The molecule has 3 rings (SSSR count). The van der Waals surface area contributed by atoms with Gasteiger partial charge in [-0.3, -0.25) is 9.98 Å². The Labute approximate surface area is 206 Å². The number of pyridine rings is 1. The molecule has 0 radical (unpaired) electrons. The maximum atomic E-state index is 5.15. The molecule has 0 N–H and O–H groups in total. The molecule has 1 heterocycles. The summed E-state index contributed by atoms with van der Waals surface area (Å²) in [7, 11) is 0. The predicted octanol–water partition coefficient (Wildman–Crippen LogP) is 8.94. The van der Waals surface area contributed by atoms with Crippen LogP contribution in [0.2, 0.25) is 0 Å². The van der Waals surface area contributed by atoms with Gasteiger partial charge in [-0.2, -0.15) is 0 Å². The second kappa shape index (κ2) is 12.4. The molecular formula is C31H39N3. The number of nitrogens with zero attached hydrogens (tertiary/aromatic N) is 3. The van der Waals surface area contributed by atoms with Crippen molar-refractivity contribution in [1.29, 1.82) is 0 Å². The van der Waals surface area contributed by atoms with E-state index in [1.807, 2.05) is 0 Å². The molecule has 3 nitrogen and oxygen atoms in total. The molecule has 0 unspecified atom stereocenters. The first kappa shape index (κ1) is 25.6. The van der Waals surface area contributed by atoms with Crippen LogP contribution in [0.1, 0.15) is 86.0 Å². The van der Waals surface area contributed by atoms with Crippen molar-refractivity contribution in [2.75, 3.05) is 0 Å². The van der Waals surface area contributed by atoms with Crippen LogP contribution in [0.3, 0.4) is 0 Å². The topological polar surface area (TPSA) is 37.6 Å². The van der Waals surface area contributed by atoms with Gasteiger partial charge in [0.25, 0.3) is 0 Å². The van der Waals surface area contributed by atoms with E-state index in [-0.39, 0.29) is 0 Å². The van der Waals surface area contributed by atoms with E-state index in [1.165, 1.54) is 22.3 Å². The number of hydrogen-bond acceptors (Lipinski definition) is 3. The Bertz CT molecular complexity index is 1040. The zero-order valence-corrected chi connectivity index (χ0v) is 21.8. The van der Waals surface area contributed by atoms with Gasteiger partial charge in [0.15, 0.2) is 0 Å². The molecule has 178 valence electrons. The molecule has 3 aromatic rings. The summed E-state index contributed by atoms with van der Waals surface area (Å²) in [4.78, 5) is 15.4. The SMILES string of the molecule is CCCCC(=Nc1c(C)cccc1C)c1cccc(C(CCCC)=Nc2c(C)cccc2C)n1. The Morgan fingerprint density at radius 3 is 1.29 bits per heavy atom. The smallest absolute Gasteiger partial charge is 0.0852 e. The summed E-state index contributed by atoms with van der Waals surface area (Å²) < 4.78 is 0. The lowest BCUT2D eigenvalue weighted by atomic mass is 10.0. The van der Waals surface area contributed by atoms with E-state index in [9.17, 15) is 0 Å². The zero-order chi connectivity index (χ0) is 24.5. The quantitative estimate of drug-likeness (QED) is 0.282. The highest BCUT2D eigenvalue weighted by atomic mass is 14.8. The molecule has 0 atom stereocenters. The van der Waals surface area contributed by atoms with Gasteiger partial charge in [0.1, 0.15) is 0 Å². The Kier molecular flexibility index (Phi) is 9.33. The van der Waals surface area contributed by atoms with E-state index in [4.69, 9.17) is 15.0 Å². The van der Waals surface area contributed by atoms with E-state index in [1.54, 1.807) is 0 Å². The van der Waals surface area contributed by atoms with Crippen LogP contribution >= 0.6 is 0 Å². The molecule has 3 heteroatoms. The molecule has 34 heavy (non-hydrogen) atoms. The lowest BCUT2D eigenvalue weighted by molar-refractivity contribution is 0.830. The minimum Gasteiger partial charge on any atom is -0.251 e. The van der Waals surface area contributed by atoms with Gasteiger partial charge in [0, 0.05) is 0 Å². The fraction of sp³-hybridized carbons (Fsp3) is 0.387. The summed E-state index contributed by atoms with van der Waals surface area (Å²) in [5, 5.41) is 0. The van der Waals surface area contributed by atoms with Crippen LogP contribution in [0.5, 0.6) is 0 Å². The van der Waals surface area contributed by atoms with Crippen LogP contribution in [0.15, 0.2) is 64.6 Å². The maximum absolute atomic E-state index is 5.15. The maximum Gasteiger partial charge on any atom is 0.0852 e. The molecule has 0 spiro atoms. The standard InChI is InChI=1S/C31H39N3/c1-7-9-18-28(33-30-22(3)14-11-15-23(30)4)26-20-13-21-27(32-26)29(19-10-8-2)34-31-24(5)16-12-17-25(31)6/h11-17,20-21H,7-10,18-19H2,1-6H3. The summed E-state index contributed by atoms with van der Waals surface area (Å²) in [5.74, 6) is 0. The number of benzene rings is 2. The first-order valence-corrected chi connectivity index (χ1v) is 12.7. The molecule has 0 saturated heterocycles. The first-order chi connectivity index (χ1) is 16.4. The fourth-order valence-electron chi connectivity index (χ4n) is 4.16. The zero-order valence-electron chi connectivity index (χ0n) is 21.8. The molecule has 0 saturated carbocycles. The Morgan fingerprint density at radius 2 is 0.941 bits per heavy atom. The molecule has 0 aliphatic carbocycles. The minimum absolute atomic E-state index is 0.916. The third kappa shape index (κ3) is 6.50. The normalized spacial score (nSPS) is 12.3. The van der Waals surface area contributed by atoms with E-state index < -0.39 is 0 Å². The number of hydrogen-bond donors (Lipinski definition) is 0. The van der Waals surface area contributed by atoms with Crippen LogP contribution in [-0.2, 0) is 0 Å². The molecule has 0 aliphatic heterocycles. The van der Waals surface area contributed by atoms with Gasteiger partial charge in [-0.1, -0.05) is 69.2 Å². The monoisotopic (exact) mass is 453 g/mol. The van der Waals surface area contributed by atoms with Crippen molar-refractivity contribution in [2.24, 2.45) is 9.98 Å². The van der Waals surface area contributed by atoms with Gasteiger partial charge in [-0.05, 0) is 87.8 Å². The Hall–Kier alpha value is -3.07. The van der Waals surface area contributed by atoms with Crippen LogP contribution in [-0.4, -0.2) is 16.4 Å². The van der Waals surface area contributed by atoms with Gasteiger partial charge < -0.3 is 0 Å². The molecule has 0 amide bonds. The summed E-state index contributed by atoms with van der Waals surface area (Å²) >= 11 is 0. The van der Waals surface area contributed by atoms with Crippen molar-refractivity contribution in [3.63, 3.8) is 0 Å². The van der Waals surface area contributed by atoms with Gasteiger partial charge in [0.2, 0.25) is 0 Å². The van der Waals surface area contributed by atoms with Crippen molar-refractivity contribution in [3.05, 3.63) is 88.2 Å². The van der Waals surface area contributed by atoms with Gasteiger partial charge in [-0.15, -0.1) is 0 Å². The molecule has 0 aliphatic rings. The van der Waals surface area contributed by atoms with Crippen molar-refractivity contribution in [2.45, 2.75) is 80.1 Å². The van der Waals surface area contributed by atoms with Crippen LogP contribution < -0.4 is 0 Å².